The normalized spacial score (nSPS) is 17.8. The van der Waals surface area contributed by atoms with Crippen molar-refractivity contribution in [2.75, 3.05) is 33.0 Å². The average Bonchev–Trinajstić information content (AvgIpc) is 3.07. The lowest BCUT2D eigenvalue weighted by atomic mass is 10.1. The molecule has 0 unspecified atom stereocenters. The van der Waals surface area contributed by atoms with Gasteiger partial charge in [0.25, 0.3) is 0 Å². The molecule has 0 saturated carbocycles. The van der Waals surface area contributed by atoms with Gasteiger partial charge in [-0.05, 0) is 29.8 Å². The molecule has 132 valence electrons. The summed E-state index contributed by atoms with van der Waals surface area (Å²) in [6.07, 6.45) is 0. The van der Waals surface area contributed by atoms with Crippen molar-refractivity contribution in [1.29, 1.82) is 0 Å². The fourth-order valence-electron chi connectivity index (χ4n) is 3.31. The van der Waals surface area contributed by atoms with Gasteiger partial charge in [-0.1, -0.05) is 35.3 Å². The third-order valence-corrected chi connectivity index (χ3v) is 5.46. The van der Waals surface area contributed by atoms with E-state index in [9.17, 15) is 0 Å². The van der Waals surface area contributed by atoms with E-state index in [0.29, 0.717) is 6.79 Å². The van der Waals surface area contributed by atoms with Crippen molar-refractivity contribution in [1.82, 2.24) is 9.80 Å². The fraction of sp³-hybridized carbons (Fsp3) is 0.368. The number of ether oxygens (including phenoxy) is 2. The Hall–Kier alpha value is -1.46. The van der Waals surface area contributed by atoms with Crippen molar-refractivity contribution >= 4 is 23.2 Å². The van der Waals surface area contributed by atoms with Crippen LogP contribution in [0.3, 0.4) is 0 Å². The summed E-state index contributed by atoms with van der Waals surface area (Å²) in [7, 11) is 0. The van der Waals surface area contributed by atoms with Crippen LogP contribution in [0.1, 0.15) is 11.1 Å². The molecule has 0 spiro atoms. The standard InChI is InChI=1S/C19H20Cl2N2O2/c20-16-2-1-3-17(21)15(16)12-23-8-6-22(7-9-23)11-14-4-5-18-19(10-14)25-13-24-18/h1-5,10H,6-9,11-13H2. The molecule has 0 amide bonds. The van der Waals surface area contributed by atoms with Crippen LogP contribution in [0.25, 0.3) is 0 Å². The lowest BCUT2D eigenvalue weighted by molar-refractivity contribution is 0.122. The minimum atomic E-state index is 0.321. The Kier molecular flexibility index (Phi) is 5.04. The molecule has 1 saturated heterocycles. The summed E-state index contributed by atoms with van der Waals surface area (Å²) in [5.74, 6) is 1.69. The van der Waals surface area contributed by atoms with Gasteiger partial charge >= 0.3 is 0 Å². The number of hydrogen-bond donors (Lipinski definition) is 0. The van der Waals surface area contributed by atoms with E-state index in [-0.39, 0.29) is 0 Å². The van der Waals surface area contributed by atoms with Crippen molar-refractivity contribution < 1.29 is 9.47 Å². The zero-order valence-corrected chi connectivity index (χ0v) is 15.4. The van der Waals surface area contributed by atoms with Gasteiger partial charge in [0.05, 0.1) is 0 Å². The molecule has 0 bridgehead atoms. The highest BCUT2D eigenvalue weighted by Gasteiger charge is 2.20. The third-order valence-electron chi connectivity index (χ3n) is 4.75. The lowest BCUT2D eigenvalue weighted by Gasteiger charge is -2.35. The van der Waals surface area contributed by atoms with E-state index in [4.69, 9.17) is 32.7 Å². The van der Waals surface area contributed by atoms with Crippen LogP contribution in [-0.4, -0.2) is 42.8 Å². The number of hydrogen-bond acceptors (Lipinski definition) is 4. The maximum atomic E-state index is 6.29. The molecule has 4 rings (SSSR count). The highest BCUT2D eigenvalue weighted by molar-refractivity contribution is 6.35. The third kappa shape index (κ3) is 3.87. The molecule has 2 heterocycles. The van der Waals surface area contributed by atoms with Crippen LogP contribution in [0, 0.1) is 0 Å². The molecule has 0 radical (unpaired) electrons. The minimum Gasteiger partial charge on any atom is -0.454 e. The van der Waals surface area contributed by atoms with Crippen molar-refractivity contribution in [3.05, 3.63) is 57.6 Å². The SMILES string of the molecule is Clc1cccc(Cl)c1CN1CCN(Cc2ccc3c(c2)OCO3)CC1. The predicted molar refractivity (Wildman–Crippen MR) is 99.6 cm³/mol. The molecule has 25 heavy (non-hydrogen) atoms. The van der Waals surface area contributed by atoms with Gasteiger partial charge in [-0.3, -0.25) is 9.80 Å². The minimum absolute atomic E-state index is 0.321. The first-order valence-electron chi connectivity index (χ1n) is 8.45. The van der Waals surface area contributed by atoms with E-state index in [0.717, 1.165) is 66.4 Å². The molecule has 2 aromatic carbocycles. The van der Waals surface area contributed by atoms with Crippen LogP contribution in [0.5, 0.6) is 11.5 Å². The number of fused-ring (bicyclic) bond motifs is 1. The van der Waals surface area contributed by atoms with Gasteiger partial charge in [0.15, 0.2) is 11.5 Å². The maximum Gasteiger partial charge on any atom is 0.231 e. The molecule has 4 nitrogen and oxygen atoms in total. The topological polar surface area (TPSA) is 24.9 Å². The average molecular weight is 379 g/mol. The van der Waals surface area contributed by atoms with Gasteiger partial charge in [-0.15, -0.1) is 0 Å². The Balaban J connectivity index is 1.32. The summed E-state index contributed by atoms with van der Waals surface area (Å²) in [4.78, 5) is 4.87. The highest BCUT2D eigenvalue weighted by atomic mass is 35.5. The molecule has 2 aromatic rings. The van der Waals surface area contributed by atoms with Gasteiger partial charge in [0, 0.05) is 54.9 Å². The molecule has 0 N–H and O–H groups in total. The van der Waals surface area contributed by atoms with Gasteiger partial charge in [0.1, 0.15) is 0 Å². The van der Waals surface area contributed by atoms with Gasteiger partial charge in [-0.25, -0.2) is 0 Å². The largest absolute Gasteiger partial charge is 0.454 e. The fourth-order valence-corrected chi connectivity index (χ4v) is 3.83. The number of benzene rings is 2. The van der Waals surface area contributed by atoms with E-state index < -0.39 is 0 Å². The van der Waals surface area contributed by atoms with Gasteiger partial charge in [-0.2, -0.15) is 0 Å². The molecular weight excluding hydrogens is 359 g/mol. The van der Waals surface area contributed by atoms with Gasteiger partial charge in [0.2, 0.25) is 6.79 Å². The predicted octanol–water partition coefficient (Wildman–Crippen LogP) is 4.04. The Bertz CT molecular complexity index is 741. The Morgan fingerprint density at radius 1 is 0.800 bits per heavy atom. The Labute approximate surface area is 157 Å². The smallest absolute Gasteiger partial charge is 0.231 e. The first-order chi connectivity index (χ1) is 12.2. The second-order valence-electron chi connectivity index (χ2n) is 6.44. The summed E-state index contributed by atoms with van der Waals surface area (Å²) in [6.45, 7) is 6.11. The van der Waals surface area contributed by atoms with Gasteiger partial charge < -0.3 is 9.47 Å². The van der Waals surface area contributed by atoms with Crippen molar-refractivity contribution in [3.8, 4) is 11.5 Å². The second kappa shape index (κ2) is 7.42. The Morgan fingerprint density at radius 2 is 1.44 bits per heavy atom. The van der Waals surface area contributed by atoms with E-state index in [1.165, 1.54) is 5.56 Å². The van der Waals surface area contributed by atoms with Crippen LogP contribution in [0.4, 0.5) is 0 Å². The second-order valence-corrected chi connectivity index (χ2v) is 7.25. The zero-order valence-electron chi connectivity index (χ0n) is 13.9. The number of nitrogens with zero attached hydrogens (tertiary/aromatic N) is 2. The summed E-state index contributed by atoms with van der Waals surface area (Å²) >= 11 is 12.6. The van der Waals surface area contributed by atoms with Crippen molar-refractivity contribution in [3.63, 3.8) is 0 Å². The van der Waals surface area contributed by atoms with E-state index in [2.05, 4.69) is 21.9 Å². The summed E-state index contributed by atoms with van der Waals surface area (Å²) in [5.41, 5.74) is 2.28. The number of rotatable bonds is 4. The maximum absolute atomic E-state index is 6.29. The molecule has 1 fully saturated rings. The zero-order chi connectivity index (χ0) is 17.2. The lowest BCUT2D eigenvalue weighted by Crippen LogP contribution is -2.45. The quantitative estimate of drug-likeness (QED) is 0.801. The summed E-state index contributed by atoms with van der Waals surface area (Å²) < 4.78 is 10.8. The van der Waals surface area contributed by atoms with Crippen molar-refractivity contribution in [2.45, 2.75) is 13.1 Å². The van der Waals surface area contributed by atoms with Crippen LogP contribution in [-0.2, 0) is 13.1 Å². The first-order valence-corrected chi connectivity index (χ1v) is 9.21. The molecule has 0 aliphatic carbocycles. The van der Waals surface area contributed by atoms with E-state index >= 15 is 0 Å². The molecule has 6 heteroatoms. The van der Waals surface area contributed by atoms with E-state index in [1.807, 2.05) is 24.3 Å². The monoisotopic (exact) mass is 378 g/mol. The first kappa shape index (κ1) is 17.0. The van der Waals surface area contributed by atoms with Crippen LogP contribution >= 0.6 is 23.2 Å². The molecular formula is C19H20Cl2N2O2. The van der Waals surface area contributed by atoms with E-state index in [1.54, 1.807) is 0 Å². The Morgan fingerprint density at radius 3 is 2.16 bits per heavy atom. The molecule has 0 atom stereocenters. The van der Waals surface area contributed by atoms with Crippen LogP contribution in [0.15, 0.2) is 36.4 Å². The van der Waals surface area contributed by atoms with Crippen LogP contribution < -0.4 is 9.47 Å². The van der Waals surface area contributed by atoms with Crippen LogP contribution in [0.2, 0.25) is 10.0 Å². The summed E-state index contributed by atoms with van der Waals surface area (Å²) in [6, 6.07) is 11.9. The number of halogens is 2. The molecule has 2 aliphatic heterocycles. The number of piperazine rings is 1. The van der Waals surface area contributed by atoms with Crippen molar-refractivity contribution in [2.24, 2.45) is 0 Å². The molecule has 2 aliphatic rings. The summed E-state index contributed by atoms with van der Waals surface area (Å²) in [5, 5.41) is 1.49. The molecule has 0 aromatic heterocycles. The highest BCUT2D eigenvalue weighted by Crippen LogP contribution is 2.33.